The molecular formula is C26H29ClN2O4. The summed E-state index contributed by atoms with van der Waals surface area (Å²) in [6, 6.07) is 16.9. The summed E-state index contributed by atoms with van der Waals surface area (Å²) in [4.78, 5) is 29.3. The van der Waals surface area contributed by atoms with Crippen molar-refractivity contribution in [2.24, 2.45) is 0 Å². The Balaban J connectivity index is 2.05. The number of H-pyrrole nitrogens is 1. The fourth-order valence-electron chi connectivity index (χ4n) is 3.42. The molecule has 0 saturated heterocycles. The Hall–Kier alpha value is -3.25. The molecule has 0 amide bonds. The van der Waals surface area contributed by atoms with Crippen molar-refractivity contribution in [2.75, 3.05) is 11.9 Å². The molecule has 2 N–H and O–H groups in total. The molecule has 0 atom stereocenters. The molecule has 33 heavy (non-hydrogen) atoms. The Morgan fingerprint density at radius 1 is 1.00 bits per heavy atom. The van der Waals surface area contributed by atoms with Crippen LogP contribution in [0, 0.1) is 0 Å². The first-order valence-corrected chi connectivity index (χ1v) is 11.2. The van der Waals surface area contributed by atoms with E-state index < -0.39 is 17.5 Å². The maximum absolute atomic E-state index is 13.1. The van der Waals surface area contributed by atoms with E-state index in [0.29, 0.717) is 28.3 Å². The number of carbonyl (C=O) groups is 2. The number of benzene rings is 2. The van der Waals surface area contributed by atoms with E-state index in [2.05, 4.69) is 10.3 Å². The number of ether oxygens (including phenoxy) is 2. The minimum absolute atomic E-state index is 0.223. The van der Waals surface area contributed by atoms with Crippen molar-refractivity contribution in [1.29, 1.82) is 0 Å². The van der Waals surface area contributed by atoms with E-state index in [4.69, 9.17) is 21.1 Å². The van der Waals surface area contributed by atoms with Gasteiger partial charge in [0.05, 0.1) is 18.7 Å². The molecule has 0 unspecified atom stereocenters. The maximum atomic E-state index is 13.1. The molecule has 2 aromatic carbocycles. The first-order valence-electron chi connectivity index (χ1n) is 10.9. The summed E-state index contributed by atoms with van der Waals surface area (Å²) in [6.07, 6.45) is 0.376. The number of hydrogen-bond donors (Lipinski definition) is 2. The molecule has 6 nitrogen and oxygen atoms in total. The zero-order chi connectivity index (χ0) is 24.0. The first-order chi connectivity index (χ1) is 15.7. The number of anilines is 1. The summed E-state index contributed by atoms with van der Waals surface area (Å²) in [5, 5.41) is 3.90. The normalized spacial score (nSPS) is 11.2. The van der Waals surface area contributed by atoms with Crippen LogP contribution in [0.5, 0.6) is 0 Å². The third-order valence-corrected chi connectivity index (χ3v) is 5.05. The SMILES string of the molecule is CCOC(=O)c1c(CNc2ccc(Cl)cc2)[nH]c(C(=O)OC(C)(C)C)c1Cc1ccccc1. The Morgan fingerprint density at radius 2 is 1.67 bits per heavy atom. The summed E-state index contributed by atoms with van der Waals surface area (Å²) in [6.45, 7) is 7.67. The zero-order valence-electron chi connectivity index (χ0n) is 19.3. The van der Waals surface area contributed by atoms with Gasteiger partial charge in [-0.1, -0.05) is 41.9 Å². The highest BCUT2D eigenvalue weighted by molar-refractivity contribution is 6.30. The lowest BCUT2D eigenvalue weighted by Gasteiger charge is -2.19. The van der Waals surface area contributed by atoms with Gasteiger partial charge in [0, 0.05) is 28.4 Å². The Kier molecular flexibility index (Phi) is 7.82. The van der Waals surface area contributed by atoms with E-state index in [1.807, 2.05) is 42.5 Å². The molecule has 174 valence electrons. The third-order valence-electron chi connectivity index (χ3n) is 4.80. The van der Waals surface area contributed by atoms with Crippen molar-refractivity contribution in [1.82, 2.24) is 4.98 Å². The van der Waals surface area contributed by atoms with Crippen LogP contribution >= 0.6 is 11.6 Å². The first kappa shape index (κ1) is 24.4. The van der Waals surface area contributed by atoms with Gasteiger partial charge in [0.2, 0.25) is 0 Å². The van der Waals surface area contributed by atoms with Crippen molar-refractivity contribution in [3.63, 3.8) is 0 Å². The van der Waals surface area contributed by atoms with Crippen LogP contribution in [0.3, 0.4) is 0 Å². The van der Waals surface area contributed by atoms with Gasteiger partial charge in [0.15, 0.2) is 0 Å². The summed E-state index contributed by atoms with van der Waals surface area (Å²) < 4.78 is 11.0. The van der Waals surface area contributed by atoms with Crippen LogP contribution in [0.25, 0.3) is 0 Å². The smallest absolute Gasteiger partial charge is 0.355 e. The standard InChI is InChI=1S/C26H29ClN2O4/c1-5-32-24(30)22-20(15-17-9-7-6-8-10-17)23(25(31)33-26(2,3)4)29-21(22)16-28-19-13-11-18(27)12-14-19/h6-14,28-29H,5,15-16H2,1-4H3. The van der Waals surface area contributed by atoms with Crippen LogP contribution in [0.2, 0.25) is 5.02 Å². The quantitative estimate of drug-likeness (QED) is 0.396. The van der Waals surface area contributed by atoms with Gasteiger partial charge in [-0.3, -0.25) is 0 Å². The number of hydrogen-bond acceptors (Lipinski definition) is 5. The van der Waals surface area contributed by atoms with Gasteiger partial charge in [-0.05, 0) is 57.5 Å². The predicted octanol–water partition coefficient (Wildman–Crippen LogP) is 6.00. The molecule has 0 bridgehead atoms. The van der Waals surface area contributed by atoms with Gasteiger partial charge >= 0.3 is 11.9 Å². The molecule has 3 rings (SSSR count). The second kappa shape index (κ2) is 10.6. The van der Waals surface area contributed by atoms with Crippen LogP contribution in [-0.2, 0) is 22.4 Å². The van der Waals surface area contributed by atoms with Gasteiger partial charge in [-0.25, -0.2) is 9.59 Å². The van der Waals surface area contributed by atoms with Crippen LogP contribution in [0.4, 0.5) is 5.69 Å². The lowest BCUT2D eigenvalue weighted by molar-refractivity contribution is 0.00623. The van der Waals surface area contributed by atoms with Gasteiger partial charge in [0.1, 0.15) is 11.3 Å². The highest BCUT2D eigenvalue weighted by Crippen LogP contribution is 2.27. The second-order valence-corrected chi connectivity index (χ2v) is 9.01. The predicted molar refractivity (Wildman–Crippen MR) is 130 cm³/mol. The van der Waals surface area contributed by atoms with Gasteiger partial charge in [0.25, 0.3) is 0 Å². The molecule has 3 aromatic rings. The number of aromatic amines is 1. The summed E-state index contributed by atoms with van der Waals surface area (Å²) in [5.41, 5.74) is 2.82. The van der Waals surface area contributed by atoms with E-state index in [1.165, 1.54) is 0 Å². The third kappa shape index (κ3) is 6.62. The molecule has 0 aliphatic heterocycles. The molecule has 1 heterocycles. The van der Waals surface area contributed by atoms with Crippen molar-refractivity contribution in [3.05, 3.63) is 87.7 Å². The average Bonchev–Trinajstić information content (AvgIpc) is 3.11. The van der Waals surface area contributed by atoms with Gasteiger partial charge in [-0.15, -0.1) is 0 Å². The summed E-state index contributed by atoms with van der Waals surface area (Å²) in [7, 11) is 0. The monoisotopic (exact) mass is 468 g/mol. The highest BCUT2D eigenvalue weighted by atomic mass is 35.5. The zero-order valence-corrected chi connectivity index (χ0v) is 20.1. The fourth-order valence-corrected chi connectivity index (χ4v) is 3.54. The van der Waals surface area contributed by atoms with Crippen LogP contribution in [0.15, 0.2) is 54.6 Å². The van der Waals surface area contributed by atoms with Crippen LogP contribution in [0.1, 0.15) is 65.4 Å². The van der Waals surface area contributed by atoms with E-state index in [0.717, 1.165) is 11.3 Å². The van der Waals surface area contributed by atoms with Gasteiger partial charge in [-0.2, -0.15) is 0 Å². The number of esters is 2. The largest absolute Gasteiger partial charge is 0.462 e. The summed E-state index contributed by atoms with van der Waals surface area (Å²) in [5.74, 6) is -1.00. The molecule has 0 aliphatic rings. The number of halogens is 1. The molecule has 0 saturated carbocycles. The highest BCUT2D eigenvalue weighted by Gasteiger charge is 2.30. The van der Waals surface area contributed by atoms with E-state index in [1.54, 1.807) is 39.8 Å². The van der Waals surface area contributed by atoms with Crippen molar-refractivity contribution in [2.45, 2.75) is 46.3 Å². The fraction of sp³-hybridized carbons (Fsp3) is 0.308. The van der Waals surface area contributed by atoms with E-state index in [-0.39, 0.29) is 18.8 Å². The molecule has 7 heteroatoms. The Bertz CT molecular complexity index is 1100. The molecule has 0 radical (unpaired) electrons. The van der Waals surface area contributed by atoms with Crippen LogP contribution in [-0.4, -0.2) is 29.1 Å². The second-order valence-electron chi connectivity index (χ2n) is 8.58. The number of carbonyl (C=O) groups excluding carboxylic acids is 2. The lowest BCUT2D eigenvalue weighted by atomic mass is 9.99. The van der Waals surface area contributed by atoms with Crippen LogP contribution < -0.4 is 5.32 Å². The summed E-state index contributed by atoms with van der Waals surface area (Å²) >= 11 is 5.97. The molecule has 0 aliphatic carbocycles. The van der Waals surface area contributed by atoms with E-state index in [9.17, 15) is 9.59 Å². The van der Waals surface area contributed by atoms with Crippen molar-refractivity contribution in [3.8, 4) is 0 Å². The number of rotatable bonds is 8. The number of aromatic nitrogens is 1. The molecule has 1 aromatic heterocycles. The maximum Gasteiger partial charge on any atom is 0.355 e. The lowest BCUT2D eigenvalue weighted by Crippen LogP contribution is -2.25. The molecule has 0 fully saturated rings. The average molecular weight is 469 g/mol. The molecular weight excluding hydrogens is 440 g/mol. The molecule has 0 spiro atoms. The number of nitrogens with one attached hydrogen (secondary N) is 2. The van der Waals surface area contributed by atoms with Gasteiger partial charge < -0.3 is 19.8 Å². The van der Waals surface area contributed by atoms with E-state index >= 15 is 0 Å². The topological polar surface area (TPSA) is 80.4 Å². The Morgan fingerprint density at radius 3 is 2.27 bits per heavy atom. The van der Waals surface area contributed by atoms with Crippen molar-refractivity contribution < 1.29 is 19.1 Å². The van der Waals surface area contributed by atoms with Crippen molar-refractivity contribution >= 4 is 29.2 Å². The minimum Gasteiger partial charge on any atom is -0.462 e. The minimum atomic E-state index is -0.683. The Labute approximate surface area is 199 Å².